The first-order chi connectivity index (χ1) is 10.1. The SMILES string of the molecule is CCOc1ccc(C(O)CCN2CCN(C)CC2)cc1N. The number of hydrogen-bond donors (Lipinski definition) is 2. The average Bonchev–Trinajstić information content (AvgIpc) is 2.48. The molecular weight excluding hydrogens is 266 g/mol. The molecule has 2 rings (SSSR count). The van der Waals surface area contributed by atoms with Gasteiger partial charge in [-0.15, -0.1) is 0 Å². The molecule has 1 atom stereocenters. The van der Waals surface area contributed by atoms with Crippen molar-refractivity contribution >= 4 is 5.69 Å². The molecule has 0 amide bonds. The predicted molar refractivity (Wildman–Crippen MR) is 85.5 cm³/mol. The van der Waals surface area contributed by atoms with E-state index >= 15 is 0 Å². The van der Waals surface area contributed by atoms with Gasteiger partial charge < -0.3 is 25.4 Å². The first-order valence-corrected chi connectivity index (χ1v) is 7.71. The summed E-state index contributed by atoms with van der Waals surface area (Å²) in [5, 5.41) is 10.3. The highest BCUT2D eigenvalue weighted by atomic mass is 16.5. The monoisotopic (exact) mass is 293 g/mol. The minimum absolute atomic E-state index is 0.470. The highest BCUT2D eigenvalue weighted by molar-refractivity contribution is 5.54. The summed E-state index contributed by atoms with van der Waals surface area (Å²) in [5.41, 5.74) is 7.40. The molecule has 1 saturated heterocycles. The van der Waals surface area contributed by atoms with Gasteiger partial charge in [-0.05, 0) is 38.1 Å². The van der Waals surface area contributed by atoms with Crippen LogP contribution in [0.5, 0.6) is 5.75 Å². The Morgan fingerprint density at radius 2 is 2.00 bits per heavy atom. The molecule has 118 valence electrons. The molecule has 5 heteroatoms. The number of ether oxygens (including phenoxy) is 1. The van der Waals surface area contributed by atoms with Gasteiger partial charge in [0.15, 0.2) is 0 Å². The Bertz CT molecular complexity index is 445. The minimum Gasteiger partial charge on any atom is -0.492 e. The average molecular weight is 293 g/mol. The van der Waals surface area contributed by atoms with Crippen LogP contribution in [0, 0.1) is 0 Å². The van der Waals surface area contributed by atoms with E-state index in [1.165, 1.54) is 0 Å². The van der Waals surface area contributed by atoms with Gasteiger partial charge in [0.05, 0.1) is 18.4 Å². The zero-order valence-corrected chi connectivity index (χ0v) is 13.1. The maximum Gasteiger partial charge on any atom is 0.142 e. The minimum atomic E-state index is -0.470. The van der Waals surface area contributed by atoms with Gasteiger partial charge >= 0.3 is 0 Å². The molecule has 0 spiro atoms. The van der Waals surface area contributed by atoms with Crippen LogP contribution in [0.4, 0.5) is 5.69 Å². The van der Waals surface area contributed by atoms with Crippen LogP contribution < -0.4 is 10.5 Å². The van der Waals surface area contributed by atoms with Crippen molar-refractivity contribution in [1.82, 2.24) is 9.80 Å². The summed E-state index contributed by atoms with van der Waals surface area (Å²) < 4.78 is 5.42. The zero-order chi connectivity index (χ0) is 15.2. The number of aliphatic hydroxyl groups excluding tert-OH is 1. The number of anilines is 1. The largest absolute Gasteiger partial charge is 0.492 e. The number of nitrogens with two attached hydrogens (primary N) is 1. The molecule has 1 heterocycles. The van der Waals surface area contributed by atoms with Gasteiger partial charge in [0.25, 0.3) is 0 Å². The van der Waals surface area contributed by atoms with E-state index in [1.807, 2.05) is 25.1 Å². The normalized spacial score (nSPS) is 18.6. The highest BCUT2D eigenvalue weighted by Crippen LogP contribution is 2.27. The number of nitrogens with zero attached hydrogens (tertiary/aromatic N) is 2. The van der Waals surface area contributed by atoms with Crippen LogP contribution in [0.3, 0.4) is 0 Å². The third kappa shape index (κ3) is 4.59. The molecule has 1 aliphatic rings. The Kier molecular flexibility index (Phi) is 5.85. The second kappa shape index (κ2) is 7.64. The van der Waals surface area contributed by atoms with Gasteiger partial charge in [-0.2, -0.15) is 0 Å². The van der Waals surface area contributed by atoms with Crippen molar-refractivity contribution in [2.24, 2.45) is 0 Å². The summed E-state index contributed by atoms with van der Waals surface area (Å²) in [5.74, 6) is 0.688. The number of rotatable bonds is 6. The molecule has 0 aromatic heterocycles. The van der Waals surface area contributed by atoms with E-state index in [9.17, 15) is 5.11 Å². The molecule has 5 nitrogen and oxygen atoms in total. The number of piperazine rings is 1. The van der Waals surface area contributed by atoms with Gasteiger partial charge in [-0.25, -0.2) is 0 Å². The Hall–Kier alpha value is -1.30. The van der Waals surface area contributed by atoms with E-state index in [-0.39, 0.29) is 0 Å². The van der Waals surface area contributed by atoms with Crippen molar-refractivity contribution in [3.8, 4) is 5.75 Å². The van der Waals surface area contributed by atoms with Crippen molar-refractivity contribution in [1.29, 1.82) is 0 Å². The lowest BCUT2D eigenvalue weighted by atomic mass is 10.0. The quantitative estimate of drug-likeness (QED) is 0.775. The predicted octanol–water partition coefficient (Wildman–Crippen LogP) is 1.34. The molecule has 3 N–H and O–H groups in total. The Morgan fingerprint density at radius 3 is 2.62 bits per heavy atom. The first-order valence-electron chi connectivity index (χ1n) is 7.71. The van der Waals surface area contributed by atoms with Crippen LogP contribution in [-0.4, -0.2) is 61.3 Å². The first kappa shape index (κ1) is 16.1. The summed E-state index contributed by atoms with van der Waals surface area (Å²) in [6.45, 7) is 7.80. The summed E-state index contributed by atoms with van der Waals surface area (Å²) in [6.07, 6.45) is 0.263. The fraction of sp³-hybridized carbons (Fsp3) is 0.625. The molecule has 0 saturated carbocycles. The second-order valence-electron chi connectivity index (χ2n) is 5.68. The Balaban J connectivity index is 1.85. The number of nitrogen functional groups attached to an aromatic ring is 1. The van der Waals surface area contributed by atoms with Crippen LogP contribution in [0.2, 0.25) is 0 Å². The summed E-state index contributed by atoms with van der Waals surface area (Å²) in [7, 11) is 2.15. The number of hydrogen-bond acceptors (Lipinski definition) is 5. The van der Waals surface area contributed by atoms with Crippen molar-refractivity contribution in [3.63, 3.8) is 0 Å². The van der Waals surface area contributed by atoms with Gasteiger partial charge in [-0.3, -0.25) is 0 Å². The Morgan fingerprint density at radius 1 is 1.29 bits per heavy atom. The van der Waals surface area contributed by atoms with E-state index in [2.05, 4.69) is 16.8 Å². The van der Waals surface area contributed by atoms with E-state index in [4.69, 9.17) is 10.5 Å². The fourth-order valence-electron chi connectivity index (χ4n) is 2.60. The summed E-state index contributed by atoms with van der Waals surface area (Å²) in [4.78, 5) is 4.74. The van der Waals surface area contributed by atoms with Crippen LogP contribution in [0.1, 0.15) is 25.0 Å². The number of benzene rings is 1. The number of aliphatic hydroxyl groups is 1. The molecular formula is C16H27N3O2. The fourth-order valence-corrected chi connectivity index (χ4v) is 2.60. The standard InChI is InChI=1S/C16H27N3O2/c1-3-21-16-5-4-13(12-14(16)17)15(20)6-7-19-10-8-18(2)9-11-19/h4-5,12,15,20H,3,6-11,17H2,1-2H3. The van der Waals surface area contributed by atoms with Crippen molar-refractivity contribution in [2.75, 3.05) is 52.1 Å². The molecule has 0 radical (unpaired) electrons. The zero-order valence-electron chi connectivity index (χ0n) is 13.1. The topological polar surface area (TPSA) is 62.0 Å². The van der Waals surface area contributed by atoms with Crippen molar-refractivity contribution in [3.05, 3.63) is 23.8 Å². The maximum atomic E-state index is 10.3. The molecule has 1 unspecified atom stereocenters. The van der Waals surface area contributed by atoms with E-state index in [0.717, 1.165) is 44.7 Å². The third-order valence-corrected chi connectivity index (χ3v) is 4.03. The van der Waals surface area contributed by atoms with E-state index < -0.39 is 6.10 Å². The summed E-state index contributed by atoms with van der Waals surface area (Å²) in [6, 6.07) is 5.56. The Labute approximate surface area is 127 Å². The van der Waals surface area contributed by atoms with Crippen LogP contribution in [-0.2, 0) is 0 Å². The summed E-state index contributed by atoms with van der Waals surface area (Å²) >= 11 is 0. The van der Waals surface area contributed by atoms with Gasteiger partial charge in [-0.1, -0.05) is 6.07 Å². The highest BCUT2D eigenvalue weighted by Gasteiger charge is 2.16. The maximum absolute atomic E-state index is 10.3. The molecule has 1 fully saturated rings. The van der Waals surface area contributed by atoms with Crippen LogP contribution >= 0.6 is 0 Å². The van der Waals surface area contributed by atoms with Gasteiger partial charge in [0.1, 0.15) is 5.75 Å². The van der Waals surface area contributed by atoms with Gasteiger partial charge in [0, 0.05) is 32.7 Å². The van der Waals surface area contributed by atoms with Crippen LogP contribution in [0.15, 0.2) is 18.2 Å². The van der Waals surface area contributed by atoms with Crippen LogP contribution in [0.25, 0.3) is 0 Å². The lowest BCUT2D eigenvalue weighted by molar-refractivity contribution is 0.113. The van der Waals surface area contributed by atoms with Crippen molar-refractivity contribution < 1.29 is 9.84 Å². The number of likely N-dealkylation sites (N-methyl/N-ethyl adjacent to an activating group) is 1. The molecule has 0 aliphatic carbocycles. The molecule has 1 aliphatic heterocycles. The smallest absolute Gasteiger partial charge is 0.142 e. The second-order valence-corrected chi connectivity index (χ2v) is 5.68. The van der Waals surface area contributed by atoms with Crippen molar-refractivity contribution in [2.45, 2.75) is 19.4 Å². The van der Waals surface area contributed by atoms with E-state index in [0.29, 0.717) is 18.0 Å². The molecule has 21 heavy (non-hydrogen) atoms. The lowest BCUT2D eigenvalue weighted by Crippen LogP contribution is -2.44. The molecule has 1 aromatic rings. The van der Waals surface area contributed by atoms with E-state index in [1.54, 1.807) is 0 Å². The third-order valence-electron chi connectivity index (χ3n) is 4.03. The molecule has 1 aromatic carbocycles. The molecule has 0 bridgehead atoms. The lowest BCUT2D eigenvalue weighted by Gasteiger charge is -2.32. The van der Waals surface area contributed by atoms with Gasteiger partial charge in [0.2, 0.25) is 0 Å².